The third-order valence-corrected chi connectivity index (χ3v) is 6.73. The zero-order valence-electron chi connectivity index (χ0n) is 13.3. The Bertz CT molecular complexity index is 898. The van der Waals surface area contributed by atoms with Gasteiger partial charge in [0.15, 0.2) is 0 Å². The average Bonchev–Trinajstić information content (AvgIpc) is 2.92. The van der Waals surface area contributed by atoms with Crippen molar-refractivity contribution in [2.75, 3.05) is 6.54 Å². The molecule has 1 aromatic heterocycles. The molecule has 0 fully saturated rings. The second kappa shape index (κ2) is 7.59. The van der Waals surface area contributed by atoms with E-state index >= 15 is 0 Å². The van der Waals surface area contributed by atoms with Crippen molar-refractivity contribution in [2.24, 2.45) is 0 Å². The first kappa shape index (κ1) is 20.1. The van der Waals surface area contributed by atoms with Crippen LogP contribution in [0.1, 0.15) is 19.4 Å². The van der Waals surface area contributed by atoms with Crippen LogP contribution in [-0.2, 0) is 20.4 Å². The van der Waals surface area contributed by atoms with E-state index in [9.17, 15) is 17.6 Å². The molecule has 10 heteroatoms. The van der Waals surface area contributed by atoms with Crippen LogP contribution >= 0.6 is 34.5 Å². The number of thiophene rings is 1. The Labute approximate surface area is 159 Å². The van der Waals surface area contributed by atoms with E-state index in [4.69, 9.17) is 23.2 Å². The summed E-state index contributed by atoms with van der Waals surface area (Å²) >= 11 is 12.6. The lowest BCUT2D eigenvalue weighted by Gasteiger charge is -2.28. The molecule has 0 spiro atoms. The van der Waals surface area contributed by atoms with Crippen molar-refractivity contribution in [3.05, 3.63) is 51.1 Å². The molecular weight excluding hydrogens is 410 g/mol. The van der Waals surface area contributed by atoms with E-state index in [-0.39, 0.29) is 9.23 Å². The predicted molar refractivity (Wildman–Crippen MR) is 97.1 cm³/mol. The number of carbonyl (C=O) groups is 1. The highest BCUT2D eigenvalue weighted by Crippen LogP contribution is 2.28. The van der Waals surface area contributed by atoms with Gasteiger partial charge in [-0.05, 0) is 43.7 Å². The minimum atomic E-state index is -3.82. The van der Waals surface area contributed by atoms with Gasteiger partial charge in [0, 0.05) is 5.02 Å². The zero-order chi connectivity index (χ0) is 18.8. The fourth-order valence-corrected chi connectivity index (χ4v) is 5.04. The smallest absolute Gasteiger partial charge is 0.250 e. The molecule has 0 aliphatic heterocycles. The van der Waals surface area contributed by atoms with E-state index < -0.39 is 33.8 Å². The SMILES string of the molecule is CC(C)(NC(=O)CNS(=O)(=O)c1ccc(Cl)s1)c1ccc(F)cc1Cl. The second-order valence-corrected chi connectivity index (χ2v) is 9.80. The van der Waals surface area contributed by atoms with Crippen molar-refractivity contribution in [2.45, 2.75) is 23.6 Å². The molecule has 136 valence electrons. The molecule has 0 saturated carbocycles. The quantitative estimate of drug-likeness (QED) is 0.744. The lowest BCUT2D eigenvalue weighted by Crippen LogP contribution is -2.46. The molecule has 0 unspecified atom stereocenters. The van der Waals surface area contributed by atoms with Crippen LogP contribution in [0.3, 0.4) is 0 Å². The highest BCUT2D eigenvalue weighted by atomic mass is 35.5. The molecule has 2 rings (SSSR count). The molecule has 25 heavy (non-hydrogen) atoms. The summed E-state index contributed by atoms with van der Waals surface area (Å²) in [4.78, 5) is 12.1. The number of halogens is 3. The van der Waals surface area contributed by atoms with Gasteiger partial charge in [0.2, 0.25) is 5.91 Å². The number of benzene rings is 1. The summed E-state index contributed by atoms with van der Waals surface area (Å²) in [6.45, 7) is 2.90. The van der Waals surface area contributed by atoms with Crippen LogP contribution in [0.4, 0.5) is 4.39 Å². The Morgan fingerprint density at radius 2 is 1.92 bits per heavy atom. The number of hydrogen-bond donors (Lipinski definition) is 2. The molecule has 1 amide bonds. The van der Waals surface area contributed by atoms with Gasteiger partial charge in [-0.25, -0.2) is 17.5 Å². The summed E-state index contributed by atoms with van der Waals surface area (Å²) in [6, 6.07) is 6.66. The fraction of sp³-hybridized carbons (Fsp3) is 0.267. The standard InChI is InChI=1S/C15H15Cl2FN2O3S2/c1-15(2,10-4-3-9(18)7-11(10)16)20-13(21)8-19-25(22,23)14-6-5-12(17)24-14/h3-7,19H,8H2,1-2H3,(H,20,21). The molecule has 0 bridgehead atoms. The lowest BCUT2D eigenvalue weighted by molar-refractivity contribution is -0.121. The van der Waals surface area contributed by atoms with Crippen LogP contribution in [-0.4, -0.2) is 20.9 Å². The summed E-state index contributed by atoms with van der Waals surface area (Å²) in [7, 11) is -3.82. The Kier molecular flexibility index (Phi) is 6.11. The molecule has 0 atom stereocenters. The third kappa shape index (κ3) is 5.15. The van der Waals surface area contributed by atoms with Gasteiger partial charge >= 0.3 is 0 Å². The largest absolute Gasteiger partial charge is 0.346 e. The maximum Gasteiger partial charge on any atom is 0.250 e. The van der Waals surface area contributed by atoms with Gasteiger partial charge in [-0.3, -0.25) is 4.79 Å². The number of rotatable bonds is 6. The topological polar surface area (TPSA) is 75.3 Å². The van der Waals surface area contributed by atoms with Crippen molar-refractivity contribution in [1.29, 1.82) is 0 Å². The van der Waals surface area contributed by atoms with E-state index in [1.165, 1.54) is 24.3 Å². The van der Waals surface area contributed by atoms with Gasteiger partial charge in [-0.2, -0.15) is 0 Å². The van der Waals surface area contributed by atoms with E-state index in [1.54, 1.807) is 13.8 Å². The number of sulfonamides is 1. The van der Waals surface area contributed by atoms with Crippen LogP contribution in [0.2, 0.25) is 9.36 Å². The average molecular weight is 425 g/mol. The first-order valence-corrected chi connectivity index (χ1v) is 10.1. The van der Waals surface area contributed by atoms with Gasteiger partial charge in [0.1, 0.15) is 10.0 Å². The number of carbonyl (C=O) groups excluding carboxylic acids is 1. The molecule has 0 saturated heterocycles. The van der Waals surface area contributed by atoms with Gasteiger partial charge < -0.3 is 5.32 Å². The summed E-state index contributed by atoms with van der Waals surface area (Å²) in [5, 5.41) is 2.83. The van der Waals surface area contributed by atoms with Crippen LogP contribution in [0.25, 0.3) is 0 Å². The summed E-state index contributed by atoms with van der Waals surface area (Å²) in [5.74, 6) is -1.05. The third-order valence-electron chi connectivity index (χ3n) is 3.29. The monoisotopic (exact) mass is 424 g/mol. The van der Waals surface area contributed by atoms with E-state index in [0.717, 1.165) is 17.4 Å². The molecule has 2 aromatic rings. The van der Waals surface area contributed by atoms with E-state index in [1.807, 2.05) is 0 Å². The highest BCUT2D eigenvalue weighted by molar-refractivity contribution is 7.91. The molecular formula is C15H15Cl2FN2O3S2. The number of hydrogen-bond acceptors (Lipinski definition) is 4. The first-order valence-electron chi connectivity index (χ1n) is 7.03. The van der Waals surface area contributed by atoms with Crippen molar-refractivity contribution in [3.8, 4) is 0 Å². The van der Waals surface area contributed by atoms with Crippen molar-refractivity contribution in [1.82, 2.24) is 10.0 Å². The molecule has 2 N–H and O–H groups in total. The Hall–Kier alpha value is -1.19. The Morgan fingerprint density at radius 1 is 1.24 bits per heavy atom. The van der Waals surface area contributed by atoms with Crippen LogP contribution < -0.4 is 10.0 Å². The van der Waals surface area contributed by atoms with Gasteiger partial charge in [0.05, 0.1) is 16.4 Å². The van der Waals surface area contributed by atoms with Crippen molar-refractivity contribution in [3.63, 3.8) is 0 Å². The molecule has 1 heterocycles. The van der Waals surface area contributed by atoms with Crippen molar-refractivity contribution >= 4 is 50.5 Å². The number of nitrogens with one attached hydrogen (secondary N) is 2. The lowest BCUT2D eigenvalue weighted by atomic mass is 9.94. The van der Waals surface area contributed by atoms with Crippen LogP contribution in [0, 0.1) is 5.82 Å². The van der Waals surface area contributed by atoms with Crippen molar-refractivity contribution < 1.29 is 17.6 Å². The Morgan fingerprint density at radius 3 is 2.48 bits per heavy atom. The van der Waals surface area contributed by atoms with Crippen LogP contribution in [0.5, 0.6) is 0 Å². The minimum Gasteiger partial charge on any atom is -0.346 e. The predicted octanol–water partition coefficient (Wildman–Crippen LogP) is 3.52. The summed E-state index contributed by atoms with van der Waals surface area (Å²) in [6.07, 6.45) is 0. The van der Waals surface area contributed by atoms with Crippen LogP contribution in [0.15, 0.2) is 34.5 Å². The molecule has 0 aliphatic carbocycles. The molecule has 0 aliphatic rings. The Balaban J connectivity index is 2.04. The normalized spacial score (nSPS) is 12.2. The van der Waals surface area contributed by atoms with Gasteiger partial charge in [-0.15, -0.1) is 11.3 Å². The fourth-order valence-electron chi connectivity index (χ4n) is 2.13. The maximum atomic E-state index is 13.2. The van der Waals surface area contributed by atoms with E-state index in [2.05, 4.69) is 10.0 Å². The maximum absolute atomic E-state index is 13.2. The zero-order valence-corrected chi connectivity index (χ0v) is 16.4. The van der Waals surface area contributed by atoms with Gasteiger partial charge in [-0.1, -0.05) is 29.3 Å². The highest BCUT2D eigenvalue weighted by Gasteiger charge is 2.26. The number of amides is 1. The molecule has 5 nitrogen and oxygen atoms in total. The minimum absolute atomic E-state index is 0.0196. The first-order chi connectivity index (χ1) is 11.5. The summed E-state index contributed by atoms with van der Waals surface area (Å²) in [5.41, 5.74) is -0.406. The second-order valence-electron chi connectivity index (χ2n) is 5.68. The summed E-state index contributed by atoms with van der Waals surface area (Å²) < 4.78 is 39.9. The van der Waals surface area contributed by atoms with Gasteiger partial charge in [0.25, 0.3) is 10.0 Å². The molecule has 1 aromatic carbocycles. The van der Waals surface area contributed by atoms with E-state index in [0.29, 0.717) is 9.90 Å². The molecule has 0 radical (unpaired) electrons.